The van der Waals surface area contributed by atoms with Gasteiger partial charge in [-0.1, -0.05) is 26.8 Å². The van der Waals surface area contributed by atoms with Gasteiger partial charge in [0, 0.05) is 12.3 Å². The molecule has 0 fully saturated rings. The normalized spacial score (nSPS) is 19.4. The first-order valence-electron chi connectivity index (χ1n) is 6.28. The van der Waals surface area contributed by atoms with Gasteiger partial charge in [0.2, 0.25) is 0 Å². The average Bonchev–Trinajstić information content (AvgIpc) is 2.32. The Labute approximate surface area is 103 Å². The summed E-state index contributed by atoms with van der Waals surface area (Å²) in [6.45, 7) is 6.32. The lowest BCUT2D eigenvalue weighted by atomic mass is 9.81. The number of rotatable bonds is 2. The second-order valence-electron chi connectivity index (χ2n) is 5.14. The maximum atomic E-state index is 11.8. The molecular weight excluding hydrogens is 212 g/mol. The summed E-state index contributed by atoms with van der Waals surface area (Å²) in [7, 11) is 1.71. The van der Waals surface area contributed by atoms with Gasteiger partial charge < -0.3 is 4.74 Å². The molecule has 2 rings (SSSR count). The van der Waals surface area contributed by atoms with E-state index in [4.69, 9.17) is 4.74 Å². The number of hydrogen-bond donors (Lipinski definition) is 0. The number of benzene rings is 1. The highest BCUT2D eigenvalue weighted by molar-refractivity contribution is 5.87. The molecule has 1 unspecified atom stereocenters. The van der Waals surface area contributed by atoms with Gasteiger partial charge in [0.25, 0.3) is 0 Å². The van der Waals surface area contributed by atoms with E-state index in [0.717, 1.165) is 12.2 Å². The van der Waals surface area contributed by atoms with E-state index in [1.807, 2.05) is 6.92 Å². The Hall–Kier alpha value is -1.31. The predicted molar refractivity (Wildman–Crippen MR) is 68.8 cm³/mol. The van der Waals surface area contributed by atoms with Gasteiger partial charge >= 0.3 is 0 Å². The summed E-state index contributed by atoms with van der Waals surface area (Å²) in [5.41, 5.74) is 3.68. The molecule has 1 aromatic carbocycles. The van der Waals surface area contributed by atoms with Crippen LogP contribution in [0.5, 0.6) is 5.75 Å². The van der Waals surface area contributed by atoms with Crippen LogP contribution in [0.3, 0.4) is 0 Å². The van der Waals surface area contributed by atoms with E-state index in [-0.39, 0.29) is 5.92 Å². The standard InChI is InChI=1S/C15H20O2/c1-9(2)12-8-13-10(3)14(16)6-5-11(13)7-15(12)17-4/h7-10H,5-6H2,1-4H3. The van der Waals surface area contributed by atoms with E-state index in [1.165, 1.54) is 16.7 Å². The summed E-state index contributed by atoms with van der Waals surface area (Å²) in [6.07, 6.45) is 1.52. The van der Waals surface area contributed by atoms with Crippen LogP contribution in [0.2, 0.25) is 0 Å². The van der Waals surface area contributed by atoms with Crippen molar-refractivity contribution in [3.8, 4) is 5.75 Å². The summed E-state index contributed by atoms with van der Waals surface area (Å²) in [4.78, 5) is 11.8. The third-order valence-corrected chi connectivity index (χ3v) is 3.70. The Morgan fingerprint density at radius 1 is 1.29 bits per heavy atom. The summed E-state index contributed by atoms with van der Waals surface area (Å²) in [5.74, 6) is 1.78. The Morgan fingerprint density at radius 3 is 2.59 bits per heavy atom. The fourth-order valence-corrected chi connectivity index (χ4v) is 2.55. The summed E-state index contributed by atoms with van der Waals surface area (Å²) >= 11 is 0. The molecule has 0 N–H and O–H groups in total. The number of carbonyl (C=O) groups excluding carboxylic acids is 1. The quantitative estimate of drug-likeness (QED) is 0.780. The fourth-order valence-electron chi connectivity index (χ4n) is 2.55. The first-order valence-corrected chi connectivity index (χ1v) is 6.28. The van der Waals surface area contributed by atoms with E-state index in [9.17, 15) is 4.79 Å². The second-order valence-corrected chi connectivity index (χ2v) is 5.14. The highest BCUT2D eigenvalue weighted by Crippen LogP contribution is 2.36. The molecule has 92 valence electrons. The van der Waals surface area contributed by atoms with Gasteiger partial charge in [-0.05, 0) is 35.1 Å². The monoisotopic (exact) mass is 232 g/mol. The minimum absolute atomic E-state index is 0.0437. The molecule has 17 heavy (non-hydrogen) atoms. The smallest absolute Gasteiger partial charge is 0.140 e. The fraction of sp³-hybridized carbons (Fsp3) is 0.533. The molecule has 0 amide bonds. The molecule has 1 atom stereocenters. The van der Waals surface area contributed by atoms with E-state index in [2.05, 4.69) is 26.0 Å². The number of hydrogen-bond acceptors (Lipinski definition) is 2. The van der Waals surface area contributed by atoms with Crippen LogP contribution in [-0.4, -0.2) is 12.9 Å². The molecule has 0 aromatic heterocycles. The molecule has 0 heterocycles. The largest absolute Gasteiger partial charge is 0.496 e. The van der Waals surface area contributed by atoms with Gasteiger partial charge in [0.1, 0.15) is 11.5 Å². The van der Waals surface area contributed by atoms with Crippen LogP contribution in [0, 0.1) is 0 Å². The van der Waals surface area contributed by atoms with Crippen molar-refractivity contribution in [2.45, 2.75) is 45.4 Å². The van der Waals surface area contributed by atoms with Crippen LogP contribution in [0.15, 0.2) is 12.1 Å². The summed E-state index contributed by atoms with van der Waals surface area (Å²) < 4.78 is 5.45. The van der Waals surface area contributed by atoms with Gasteiger partial charge in [-0.3, -0.25) is 4.79 Å². The van der Waals surface area contributed by atoms with Crippen LogP contribution >= 0.6 is 0 Å². The van der Waals surface area contributed by atoms with Gasteiger partial charge in [-0.2, -0.15) is 0 Å². The van der Waals surface area contributed by atoms with Crippen LogP contribution in [0.4, 0.5) is 0 Å². The molecule has 1 aliphatic rings. The minimum atomic E-state index is 0.0437. The van der Waals surface area contributed by atoms with Crippen molar-refractivity contribution in [1.29, 1.82) is 0 Å². The number of ketones is 1. The van der Waals surface area contributed by atoms with Crippen LogP contribution in [0.25, 0.3) is 0 Å². The molecule has 0 aliphatic heterocycles. The van der Waals surface area contributed by atoms with Gasteiger partial charge in [0.05, 0.1) is 7.11 Å². The Kier molecular flexibility index (Phi) is 3.23. The Morgan fingerprint density at radius 2 is 2.00 bits per heavy atom. The van der Waals surface area contributed by atoms with Gasteiger partial charge in [0.15, 0.2) is 0 Å². The maximum Gasteiger partial charge on any atom is 0.140 e. The molecule has 0 saturated carbocycles. The van der Waals surface area contributed by atoms with Crippen molar-refractivity contribution < 1.29 is 9.53 Å². The number of ether oxygens (including phenoxy) is 1. The first-order chi connectivity index (χ1) is 8.04. The molecule has 2 nitrogen and oxygen atoms in total. The Bertz CT molecular complexity index is 446. The van der Waals surface area contributed by atoms with E-state index in [0.29, 0.717) is 18.1 Å². The lowest BCUT2D eigenvalue weighted by Gasteiger charge is -2.24. The topological polar surface area (TPSA) is 26.3 Å². The van der Waals surface area contributed by atoms with Crippen molar-refractivity contribution in [3.05, 3.63) is 28.8 Å². The Balaban J connectivity index is 2.55. The zero-order chi connectivity index (χ0) is 12.6. The molecule has 0 bridgehead atoms. The van der Waals surface area contributed by atoms with Crippen LogP contribution < -0.4 is 4.74 Å². The molecule has 0 radical (unpaired) electrons. The number of carbonyl (C=O) groups is 1. The van der Waals surface area contributed by atoms with Crippen molar-refractivity contribution in [2.75, 3.05) is 7.11 Å². The number of methoxy groups -OCH3 is 1. The highest BCUT2D eigenvalue weighted by atomic mass is 16.5. The molecular formula is C15H20O2. The SMILES string of the molecule is COc1cc2c(cc1C(C)C)C(C)C(=O)CC2. The van der Waals surface area contributed by atoms with E-state index < -0.39 is 0 Å². The van der Waals surface area contributed by atoms with E-state index >= 15 is 0 Å². The third-order valence-electron chi connectivity index (χ3n) is 3.70. The zero-order valence-corrected chi connectivity index (χ0v) is 11.0. The maximum absolute atomic E-state index is 11.8. The molecule has 0 saturated heterocycles. The molecule has 1 aromatic rings. The van der Waals surface area contributed by atoms with Crippen molar-refractivity contribution in [1.82, 2.24) is 0 Å². The molecule has 1 aliphatic carbocycles. The average molecular weight is 232 g/mol. The second kappa shape index (κ2) is 4.52. The van der Waals surface area contributed by atoms with Crippen molar-refractivity contribution >= 4 is 5.78 Å². The van der Waals surface area contributed by atoms with Gasteiger partial charge in [-0.25, -0.2) is 0 Å². The van der Waals surface area contributed by atoms with E-state index in [1.54, 1.807) is 7.11 Å². The number of aryl methyl sites for hydroxylation is 1. The molecule has 2 heteroatoms. The summed E-state index contributed by atoms with van der Waals surface area (Å²) in [6, 6.07) is 4.29. The third kappa shape index (κ3) is 2.08. The zero-order valence-electron chi connectivity index (χ0n) is 11.0. The van der Waals surface area contributed by atoms with Crippen molar-refractivity contribution in [3.63, 3.8) is 0 Å². The number of fused-ring (bicyclic) bond motifs is 1. The lowest BCUT2D eigenvalue weighted by Crippen LogP contribution is -2.18. The van der Waals surface area contributed by atoms with Crippen molar-refractivity contribution in [2.24, 2.45) is 0 Å². The molecule has 0 spiro atoms. The lowest BCUT2D eigenvalue weighted by molar-refractivity contribution is -0.120. The van der Waals surface area contributed by atoms with Gasteiger partial charge in [-0.15, -0.1) is 0 Å². The first kappa shape index (κ1) is 12.2. The minimum Gasteiger partial charge on any atom is -0.496 e. The number of Topliss-reactive ketones (excluding diaryl/α,β-unsaturated/α-hetero) is 1. The van der Waals surface area contributed by atoms with Crippen LogP contribution in [-0.2, 0) is 11.2 Å². The summed E-state index contributed by atoms with van der Waals surface area (Å²) in [5, 5.41) is 0. The highest BCUT2D eigenvalue weighted by Gasteiger charge is 2.25. The van der Waals surface area contributed by atoms with Crippen LogP contribution in [0.1, 0.15) is 55.7 Å². The predicted octanol–water partition coefficient (Wildman–Crippen LogP) is 3.44.